The lowest BCUT2D eigenvalue weighted by atomic mass is 9.97. The molecule has 0 radical (unpaired) electrons. The van der Waals surface area contributed by atoms with Crippen LogP contribution in [-0.2, 0) is 9.53 Å². The number of hydrogen-bond acceptors (Lipinski definition) is 4. The van der Waals surface area contributed by atoms with Crippen LogP contribution in [0.4, 0.5) is 10.1 Å². The normalized spacial score (nSPS) is 13.6. The van der Waals surface area contributed by atoms with Crippen molar-refractivity contribution < 1.29 is 13.9 Å². The zero-order chi connectivity index (χ0) is 15.9. The molecule has 118 valence electrons. The lowest BCUT2D eigenvalue weighted by Gasteiger charge is -2.30. The second kappa shape index (κ2) is 7.98. The van der Waals surface area contributed by atoms with E-state index >= 15 is 0 Å². The van der Waals surface area contributed by atoms with Gasteiger partial charge in [-0.05, 0) is 38.4 Å². The number of nitrogens with zero attached hydrogens (tertiary/aromatic N) is 1. The Morgan fingerprint density at radius 2 is 2.10 bits per heavy atom. The highest BCUT2D eigenvalue weighted by Gasteiger charge is 2.33. The van der Waals surface area contributed by atoms with Crippen LogP contribution in [0.1, 0.15) is 26.7 Å². The van der Waals surface area contributed by atoms with Crippen LogP contribution in [0, 0.1) is 5.82 Å². The first-order valence-electron chi connectivity index (χ1n) is 7.23. The number of anilines is 1. The van der Waals surface area contributed by atoms with Crippen LogP contribution in [-0.4, -0.2) is 38.8 Å². The second-order valence-electron chi connectivity index (χ2n) is 5.37. The summed E-state index contributed by atoms with van der Waals surface area (Å²) < 4.78 is 18.6. The Balaban J connectivity index is 2.72. The number of ether oxygens (including phenoxy) is 1. The largest absolute Gasteiger partial charge is 0.468 e. The van der Waals surface area contributed by atoms with Crippen LogP contribution in [0.15, 0.2) is 24.3 Å². The molecule has 1 atom stereocenters. The number of methoxy groups -OCH3 is 1. The summed E-state index contributed by atoms with van der Waals surface area (Å²) >= 11 is 0. The molecule has 0 amide bonds. The van der Waals surface area contributed by atoms with E-state index in [4.69, 9.17) is 4.74 Å². The van der Waals surface area contributed by atoms with E-state index in [0.717, 1.165) is 13.0 Å². The zero-order valence-electron chi connectivity index (χ0n) is 13.3. The minimum absolute atomic E-state index is 0.263. The second-order valence-corrected chi connectivity index (χ2v) is 5.37. The smallest absolute Gasteiger partial charge is 0.325 e. The average molecular weight is 296 g/mol. The van der Waals surface area contributed by atoms with Gasteiger partial charge >= 0.3 is 5.97 Å². The molecule has 1 rings (SSSR count). The van der Waals surface area contributed by atoms with Gasteiger partial charge < -0.3 is 15.0 Å². The number of nitrogens with one attached hydrogen (secondary N) is 1. The molecule has 5 heteroatoms. The molecule has 0 saturated carbocycles. The fourth-order valence-corrected chi connectivity index (χ4v) is 2.16. The van der Waals surface area contributed by atoms with Crippen LogP contribution in [0.5, 0.6) is 0 Å². The molecule has 21 heavy (non-hydrogen) atoms. The predicted molar refractivity (Wildman–Crippen MR) is 83.0 cm³/mol. The molecule has 1 aromatic carbocycles. The van der Waals surface area contributed by atoms with Crippen LogP contribution < -0.4 is 10.2 Å². The fourth-order valence-electron chi connectivity index (χ4n) is 2.16. The van der Waals surface area contributed by atoms with Gasteiger partial charge in [-0.2, -0.15) is 0 Å². The van der Waals surface area contributed by atoms with Crippen molar-refractivity contribution in [1.82, 2.24) is 5.32 Å². The monoisotopic (exact) mass is 296 g/mol. The Bertz CT molecular complexity index is 467. The molecule has 0 aliphatic rings. The maximum absolute atomic E-state index is 13.7. The number of para-hydroxylation sites is 1. The molecule has 0 spiro atoms. The van der Waals surface area contributed by atoms with E-state index in [9.17, 15) is 9.18 Å². The standard InChI is InChI=1S/C16H25FN2O2/c1-5-11-18-16(2,15(20)21-4)10-12-19(3)14-9-7-6-8-13(14)17/h6-9,18H,5,10-12H2,1-4H3. The average Bonchev–Trinajstić information content (AvgIpc) is 2.50. The molecule has 1 unspecified atom stereocenters. The number of rotatable bonds is 8. The highest BCUT2D eigenvalue weighted by Crippen LogP contribution is 2.20. The minimum Gasteiger partial charge on any atom is -0.468 e. The molecule has 0 aliphatic heterocycles. The Labute approximate surface area is 126 Å². The van der Waals surface area contributed by atoms with E-state index in [1.807, 2.05) is 25.8 Å². The third-order valence-corrected chi connectivity index (χ3v) is 3.61. The van der Waals surface area contributed by atoms with Crippen LogP contribution >= 0.6 is 0 Å². The van der Waals surface area contributed by atoms with Gasteiger partial charge in [-0.1, -0.05) is 19.1 Å². The Kier molecular flexibility index (Phi) is 6.62. The maximum atomic E-state index is 13.7. The van der Waals surface area contributed by atoms with Crippen molar-refractivity contribution in [2.24, 2.45) is 0 Å². The first-order valence-corrected chi connectivity index (χ1v) is 7.23. The molecule has 1 aromatic rings. The highest BCUT2D eigenvalue weighted by molar-refractivity contribution is 5.80. The van der Waals surface area contributed by atoms with Gasteiger partial charge in [0.2, 0.25) is 0 Å². The van der Waals surface area contributed by atoms with Crippen molar-refractivity contribution in [3.8, 4) is 0 Å². The first kappa shape index (κ1) is 17.4. The summed E-state index contributed by atoms with van der Waals surface area (Å²) in [5.74, 6) is -0.556. The summed E-state index contributed by atoms with van der Waals surface area (Å²) in [7, 11) is 3.20. The van der Waals surface area contributed by atoms with Gasteiger partial charge in [0.05, 0.1) is 12.8 Å². The SMILES string of the molecule is CCCNC(C)(CCN(C)c1ccccc1F)C(=O)OC. The van der Waals surface area contributed by atoms with E-state index in [2.05, 4.69) is 5.32 Å². The van der Waals surface area contributed by atoms with Gasteiger partial charge in [-0.15, -0.1) is 0 Å². The van der Waals surface area contributed by atoms with Crippen molar-refractivity contribution in [2.45, 2.75) is 32.2 Å². The number of halogens is 1. The van der Waals surface area contributed by atoms with Crippen LogP contribution in [0.25, 0.3) is 0 Å². The first-order chi connectivity index (χ1) is 9.94. The minimum atomic E-state index is -0.760. The molecule has 0 aliphatic carbocycles. The number of esters is 1. The third-order valence-electron chi connectivity index (χ3n) is 3.61. The Morgan fingerprint density at radius 3 is 2.67 bits per heavy atom. The molecule has 4 nitrogen and oxygen atoms in total. The van der Waals surface area contributed by atoms with E-state index in [0.29, 0.717) is 18.7 Å². The van der Waals surface area contributed by atoms with Crippen molar-refractivity contribution in [3.05, 3.63) is 30.1 Å². The van der Waals surface area contributed by atoms with Crippen molar-refractivity contribution >= 4 is 11.7 Å². The molecule has 0 heterocycles. The van der Waals surface area contributed by atoms with Crippen molar-refractivity contribution in [2.75, 3.05) is 32.1 Å². The highest BCUT2D eigenvalue weighted by atomic mass is 19.1. The molecule has 0 saturated heterocycles. The summed E-state index contributed by atoms with van der Waals surface area (Å²) in [5.41, 5.74) is -0.232. The Morgan fingerprint density at radius 1 is 1.43 bits per heavy atom. The fraction of sp³-hybridized carbons (Fsp3) is 0.562. The van der Waals surface area contributed by atoms with Gasteiger partial charge in [0, 0.05) is 13.6 Å². The summed E-state index contributed by atoms with van der Waals surface area (Å²) in [5, 5.41) is 3.22. The Hall–Kier alpha value is -1.62. The summed E-state index contributed by atoms with van der Waals surface area (Å²) in [6.45, 7) is 5.14. The summed E-state index contributed by atoms with van der Waals surface area (Å²) in [4.78, 5) is 13.8. The summed E-state index contributed by atoms with van der Waals surface area (Å²) in [6.07, 6.45) is 1.46. The van der Waals surface area contributed by atoms with E-state index < -0.39 is 5.54 Å². The topological polar surface area (TPSA) is 41.6 Å². The molecular formula is C16H25FN2O2. The van der Waals surface area contributed by atoms with Crippen LogP contribution in [0.2, 0.25) is 0 Å². The molecule has 1 N–H and O–H groups in total. The quantitative estimate of drug-likeness (QED) is 0.749. The van der Waals surface area contributed by atoms with E-state index in [1.54, 1.807) is 18.2 Å². The van der Waals surface area contributed by atoms with Gasteiger partial charge in [-0.3, -0.25) is 4.79 Å². The number of carbonyl (C=O) groups is 1. The lowest BCUT2D eigenvalue weighted by Crippen LogP contribution is -2.52. The zero-order valence-corrected chi connectivity index (χ0v) is 13.3. The molecule has 0 aromatic heterocycles. The van der Waals surface area contributed by atoms with Crippen molar-refractivity contribution in [1.29, 1.82) is 0 Å². The molecule has 0 bridgehead atoms. The van der Waals surface area contributed by atoms with Gasteiger partial charge in [0.15, 0.2) is 0 Å². The predicted octanol–water partition coefficient (Wildman–Crippen LogP) is 2.58. The summed E-state index contributed by atoms with van der Waals surface area (Å²) in [6, 6.07) is 6.61. The number of carbonyl (C=O) groups excluding carboxylic acids is 1. The van der Waals surface area contributed by atoms with Gasteiger partial charge in [0.25, 0.3) is 0 Å². The number of hydrogen-bond donors (Lipinski definition) is 1. The van der Waals surface area contributed by atoms with E-state index in [1.165, 1.54) is 13.2 Å². The van der Waals surface area contributed by atoms with E-state index in [-0.39, 0.29) is 11.8 Å². The van der Waals surface area contributed by atoms with Crippen molar-refractivity contribution in [3.63, 3.8) is 0 Å². The molecular weight excluding hydrogens is 271 g/mol. The maximum Gasteiger partial charge on any atom is 0.325 e. The lowest BCUT2D eigenvalue weighted by molar-refractivity contribution is -0.148. The van der Waals surface area contributed by atoms with Gasteiger partial charge in [-0.25, -0.2) is 4.39 Å². The van der Waals surface area contributed by atoms with Crippen LogP contribution in [0.3, 0.4) is 0 Å². The number of benzene rings is 1. The van der Waals surface area contributed by atoms with Gasteiger partial charge in [0.1, 0.15) is 11.4 Å². The third kappa shape index (κ3) is 4.70. The molecule has 0 fully saturated rings.